The smallest absolute Gasteiger partial charge is 0.309 e. The average molecular weight is 494 g/mol. The Hall–Kier alpha value is -2.11. The van der Waals surface area contributed by atoms with E-state index in [9.17, 15) is 14.7 Å². The van der Waals surface area contributed by atoms with E-state index < -0.39 is 11.4 Å². The van der Waals surface area contributed by atoms with Gasteiger partial charge < -0.3 is 10.8 Å². The van der Waals surface area contributed by atoms with Gasteiger partial charge in [-0.25, -0.2) is 0 Å². The number of carboxylic acids is 1. The van der Waals surface area contributed by atoms with Crippen LogP contribution in [-0.2, 0) is 16.0 Å². The Balaban J connectivity index is 1.50. The van der Waals surface area contributed by atoms with Crippen LogP contribution in [0.2, 0.25) is 0 Å². The average Bonchev–Trinajstić information content (AvgIpc) is 3.15. The number of allylic oxidation sites excluding steroid dienone is 2. The summed E-state index contributed by atoms with van der Waals surface area (Å²) in [5, 5.41) is 18.1. The molecule has 1 aromatic heterocycles. The maximum Gasteiger partial charge on any atom is 0.309 e. The summed E-state index contributed by atoms with van der Waals surface area (Å²) in [4.78, 5) is 27.1. The third-order valence-corrected chi connectivity index (χ3v) is 12.7. The Morgan fingerprint density at radius 1 is 1.08 bits per heavy atom. The van der Waals surface area contributed by atoms with Gasteiger partial charge in [-0.1, -0.05) is 47.1 Å². The summed E-state index contributed by atoms with van der Waals surface area (Å²) in [6, 6.07) is 0. The van der Waals surface area contributed by atoms with E-state index in [2.05, 4.69) is 51.7 Å². The molecule has 5 aliphatic carbocycles. The third kappa shape index (κ3) is 2.71. The number of hydrogen-bond donors (Lipinski definition) is 3. The van der Waals surface area contributed by atoms with Gasteiger partial charge in [-0.15, -0.1) is 0 Å². The molecule has 0 bridgehead atoms. The minimum Gasteiger partial charge on any atom is -0.481 e. The Kier molecular flexibility index (Phi) is 4.75. The molecule has 6 nitrogen and oxygen atoms in total. The fraction of sp³-hybridized carbons (Fsp3) is 0.767. The second kappa shape index (κ2) is 7.05. The van der Waals surface area contributed by atoms with Crippen molar-refractivity contribution in [3.63, 3.8) is 0 Å². The first kappa shape index (κ1) is 24.2. The molecule has 8 atom stereocenters. The van der Waals surface area contributed by atoms with Crippen molar-refractivity contribution in [2.24, 2.45) is 44.8 Å². The van der Waals surface area contributed by atoms with Crippen molar-refractivity contribution in [3.8, 4) is 0 Å². The molecule has 3 fully saturated rings. The maximum atomic E-state index is 14.3. The van der Waals surface area contributed by atoms with Gasteiger partial charge >= 0.3 is 5.97 Å². The van der Waals surface area contributed by atoms with Crippen molar-refractivity contribution in [1.29, 1.82) is 0 Å². The molecule has 36 heavy (non-hydrogen) atoms. The highest BCUT2D eigenvalue weighted by Gasteiger charge is 2.70. The first-order chi connectivity index (χ1) is 16.7. The number of carboxylic acid groups (broad SMARTS) is 1. The molecule has 0 aliphatic heterocycles. The van der Waals surface area contributed by atoms with E-state index >= 15 is 0 Å². The van der Waals surface area contributed by atoms with E-state index in [1.165, 1.54) is 11.3 Å². The molecule has 2 unspecified atom stereocenters. The molecule has 0 saturated heterocycles. The summed E-state index contributed by atoms with van der Waals surface area (Å²) >= 11 is 0. The number of carbonyl (C=O) groups is 2. The highest BCUT2D eigenvalue weighted by atomic mass is 16.4. The Morgan fingerprint density at radius 2 is 1.78 bits per heavy atom. The number of carbonyl (C=O) groups excluding carboxylic acids is 1. The van der Waals surface area contributed by atoms with E-state index in [0.29, 0.717) is 30.5 Å². The van der Waals surface area contributed by atoms with Crippen LogP contribution in [0.5, 0.6) is 0 Å². The van der Waals surface area contributed by atoms with Crippen molar-refractivity contribution >= 4 is 17.6 Å². The second-order valence-electron chi connectivity index (χ2n) is 14.7. The Bertz CT molecular complexity index is 1200. The fourth-order valence-corrected chi connectivity index (χ4v) is 10.4. The molecule has 1 heterocycles. The van der Waals surface area contributed by atoms with Crippen LogP contribution in [0.25, 0.3) is 0 Å². The summed E-state index contributed by atoms with van der Waals surface area (Å²) in [6.07, 6.45) is 8.86. The zero-order valence-electron chi connectivity index (χ0n) is 22.8. The molecule has 0 aromatic carbocycles. The number of aromatic amines is 1. The number of nitrogens with zero attached hydrogens (tertiary/aromatic N) is 1. The number of aromatic nitrogens is 2. The molecule has 196 valence electrons. The van der Waals surface area contributed by atoms with Gasteiger partial charge in [-0.2, -0.15) is 5.10 Å². The van der Waals surface area contributed by atoms with Crippen LogP contribution >= 0.6 is 0 Å². The van der Waals surface area contributed by atoms with Gasteiger partial charge in [0.25, 0.3) is 0 Å². The quantitative estimate of drug-likeness (QED) is 0.451. The lowest BCUT2D eigenvalue weighted by Crippen LogP contribution is -2.65. The third-order valence-electron chi connectivity index (χ3n) is 12.7. The zero-order valence-corrected chi connectivity index (χ0v) is 22.8. The molecular weight excluding hydrogens is 450 g/mol. The highest BCUT2D eigenvalue weighted by molar-refractivity contribution is 5.96. The van der Waals surface area contributed by atoms with E-state index in [4.69, 9.17) is 5.73 Å². The second-order valence-corrected chi connectivity index (χ2v) is 14.7. The van der Waals surface area contributed by atoms with Gasteiger partial charge in [0, 0.05) is 23.1 Å². The van der Waals surface area contributed by atoms with Gasteiger partial charge in [0.2, 0.25) is 0 Å². The molecule has 6 rings (SSSR count). The predicted octanol–water partition coefficient (Wildman–Crippen LogP) is 5.90. The van der Waals surface area contributed by atoms with Crippen LogP contribution in [0, 0.1) is 44.8 Å². The van der Waals surface area contributed by atoms with Crippen LogP contribution < -0.4 is 5.73 Å². The van der Waals surface area contributed by atoms with Gasteiger partial charge in [0.05, 0.1) is 5.41 Å². The standard InChI is InChI=1S/C30H43N3O3/c1-16-18-7-8-28(5)21(27(18,4)14-17-23(16)32-33-24(17)31)13-20(34)22-19-15-26(2,3)9-11-30(19,25(35)36)12-10-29(22,28)6/h13,16,18-19,22H,7-12,14-15H2,1-6H3,(H,35,36)(H3,31,32,33)/t16-,18?,19+,22?,27+,28-,29-,30+/m1/s1. The van der Waals surface area contributed by atoms with Crippen molar-refractivity contribution in [1.82, 2.24) is 10.2 Å². The maximum absolute atomic E-state index is 14.3. The normalized spacial score (nSPS) is 46.9. The number of H-pyrrole nitrogens is 1. The van der Waals surface area contributed by atoms with E-state index in [-0.39, 0.29) is 39.3 Å². The predicted molar refractivity (Wildman–Crippen MR) is 139 cm³/mol. The van der Waals surface area contributed by atoms with Crippen molar-refractivity contribution in [2.45, 2.75) is 98.8 Å². The number of nitrogens with one attached hydrogen (secondary N) is 1. The molecule has 5 aliphatic rings. The first-order valence-corrected chi connectivity index (χ1v) is 14.0. The first-order valence-electron chi connectivity index (χ1n) is 14.0. The summed E-state index contributed by atoms with van der Waals surface area (Å²) in [5.74, 6) is 0.477. The zero-order chi connectivity index (χ0) is 26.1. The Morgan fingerprint density at radius 3 is 2.47 bits per heavy atom. The van der Waals surface area contributed by atoms with Crippen LogP contribution in [0.1, 0.15) is 104 Å². The largest absolute Gasteiger partial charge is 0.481 e. The number of hydrogen-bond acceptors (Lipinski definition) is 4. The fourth-order valence-electron chi connectivity index (χ4n) is 10.4. The summed E-state index contributed by atoms with van der Waals surface area (Å²) < 4.78 is 0. The monoisotopic (exact) mass is 493 g/mol. The van der Waals surface area contributed by atoms with E-state index in [1.54, 1.807) is 0 Å². The lowest BCUT2D eigenvalue weighted by molar-refractivity contribution is -0.188. The minimum atomic E-state index is -0.766. The highest BCUT2D eigenvalue weighted by Crippen LogP contribution is 2.74. The molecule has 0 amide bonds. The summed E-state index contributed by atoms with van der Waals surface area (Å²) in [7, 11) is 0. The topological polar surface area (TPSA) is 109 Å². The lowest BCUT2D eigenvalue weighted by atomic mass is 9.34. The van der Waals surface area contributed by atoms with Crippen molar-refractivity contribution in [2.75, 3.05) is 5.73 Å². The molecule has 4 N–H and O–H groups in total. The number of anilines is 1. The van der Waals surface area contributed by atoms with Crippen LogP contribution in [0.15, 0.2) is 11.6 Å². The van der Waals surface area contributed by atoms with E-state index in [1.807, 2.05) is 6.08 Å². The van der Waals surface area contributed by atoms with Gasteiger partial charge in [0.15, 0.2) is 5.78 Å². The SMILES string of the molecule is C[C@H]1c2[nH]nc(N)c2C[C@]2(C)C3=CC(=O)C4[C@@H]5CC(C)(C)CC[C@]5(C(=O)O)CC[C@@]4(C)[C@]3(C)CCC12. The molecule has 3 saturated carbocycles. The van der Waals surface area contributed by atoms with Gasteiger partial charge in [-0.3, -0.25) is 14.7 Å². The molecule has 1 aromatic rings. The number of nitrogens with two attached hydrogens (primary N) is 1. The van der Waals surface area contributed by atoms with Crippen molar-refractivity contribution in [3.05, 3.63) is 22.9 Å². The number of nitrogen functional groups attached to an aromatic ring is 1. The van der Waals surface area contributed by atoms with Gasteiger partial charge in [0.1, 0.15) is 5.82 Å². The molecule has 6 heteroatoms. The number of aliphatic carboxylic acids is 1. The summed E-state index contributed by atoms with van der Waals surface area (Å²) in [6.45, 7) is 13.9. The van der Waals surface area contributed by atoms with Crippen LogP contribution in [0.4, 0.5) is 5.82 Å². The van der Waals surface area contributed by atoms with E-state index in [0.717, 1.165) is 44.1 Å². The van der Waals surface area contributed by atoms with Crippen LogP contribution in [0.3, 0.4) is 0 Å². The van der Waals surface area contributed by atoms with Crippen molar-refractivity contribution < 1.29 is 14.7 Å². The molecule has 0 spiro atoms. The molecule has 0 radical (unpaired) electrons. The number of fused-ring (bicyclic) bond motifs is 8. The molecular formula is C30H43N3O3. The number of ketones is 1. The minimum absolute atomic E-state index is 0.0602. The lowest BCUT2D eigenvalue weighted by Gasteiger charge is -2.68. The van der Waals surface area contributed by atoms with Crippen LogP contribution in [-0.4, -0.2) is 27.1 Å². The Labute approximate surface area is 214 Å². The number of rotatable bonds is 1. The summed E-state index contributed by atoms with van der Waals surface area (Å²) in [5.41, 5.74) is 8.65. The van der Waals surface area contributed by atoms with Gasteiger partial charge in [-0.05, 0) is 90.9 Å².